The first-order valence-corrected chi connectivity index (χ1v) is 7.60. The second-order valence-corrected chi connectivity index (χ2v) is 5.69. The molecule has 0 bridgehead atoms. The van der Waals surface area contributed by atoms with Gasteiger partial charge in [0.15, 0.2) is 0 Å². The van der Waals surface area contributed by atoms with Crippen molar-refractivity contribution in [3.05, 3.63) is 0 Å². The Morgan fingerprint density at radius 1 is 1.37 bits per heavy atom. The van der Waals surface area contributed by atoms with Gasteiger partial charge in [0.1, 0.15) is 11.8 Å². The molecule has 0 aromatic heterocycles. The molecule has 3 unspecified atom stereocenters. The summed E-state index contributed by atoms with van der Waals surface area (Å²) in [4.78, 5) is 26.2. The molecular weight excluding hydrogens is 242 g/mol. The van der Waals surface area contributed by atoms with E-state index in [4.69, 9.17) is 4.74 Å². The maximum absolute atomic E-state index is 12.1. The van der Waals surface area contributed by atoms with E-state index in [9.17, 15) is 9.59 Å². The molecule has 0 N–H and O–H groups in total. The molecule has 2 aliphatic rings. The van der Waals surface area contributed by atoms with Crippen molar-refractivity contribution in [3.8, 4) is 0 Å². The highest BCUT2D eigenvalue weighted by molar-refractivity contribution is 5.82. The van der Waals surface area contributed by atoms with Crippen molar-refractivity contribution in [2.24, 2.45) is 5.92 Å². The van der Waals surface area contributed by atoms with Crippen molar-refractivity contribution in [1.82, 2.24) is 4.90 Å². The van der Waals surface area contributed by atoms with Crippen LogP contribution >= 0.6 is 0 Å². The summed E-state index contributed by atoms with van der Waals surface area (Å²) in [6.07, 6.45) is 6.03. The highest BCUT2D eigenvalue weighted by Crippen LogP contribution is 2.33. The molecule has 1 aliphatic carbocycles. The molecule has 1 aliphatic heterocycles. The SMILES string of the molecule is CCOC(=O)C(C)N1CCCC1C1CCCCC1=O. The van der Waals surface area contributed by atoms with Gasteiger partial charge in [0.2, 0.25) is 0 Å². The number of hydrogen-bond donors (Lipinski definition) is 0. The predicted molar refractivity (Wildman–Crippen MR) is 72.8 cm³/mol. The van der Waals surface area contributed by atoms with E-state index >= 15 is 0 Å². The molecule has 0 radical (unpaired) electrons. The molecule has 3 atom stereocenters. The minimum atomic E-state index is -0.220. The van der Waals surface area contributed by atoms with E-state index in [0.29, 0.717) is 12.4 Å². The maximum Gasteiger partial charge on any atom is 0.323 e. The fourth-order valence-electron chi connectivity index (χ4n) is 3.54. The van der Waals surface area contributed by atoms with Crippen LogP contribution in [-0.2, 0) is 14.3 Å². The first kappa shape index (κ1) is 14.5. The third kappa shape index (κ3) is 3.16. The van der Waals surface area contributed by atoms with Crippen molar-refractivity contribution in [1.29, 1.82) is 0 Å². The second kappa shape index (κ2) is 6.51. The fraction of sp³-hybridized carbons (Fsp3) is 0.867. The Balaban J connectivity index is 2.03. The van der Waals surface area contributed by atoms with Crippen LogP contribution in [0.25, 0.3) is 0 Å². The molecule has 4 nitrogen and oxygen atoms in total. The zero-order chi connectivity index (χ0) is 13.8. The van der Waals surface area contributed by atoms with Gasteiger partial charge in [0.25, 0.3) is 0 Å². The second-order valence-electron chi connectivity index (χ2n) is 5.69. The Morgan fingerprint density at radius 3 is 2.84 bits per heavy atom. The van der Waals surface area contributed by atoms with E-state index in [2.05, 4.69) is 4.90 Å². The van der Waals surface area contributed by atoms with Gasteiger partial charge in [0.05, 0.1) is 6.61 Å². The number of nitrogens with zero attached hydrogens (tertiary/aromatic N) is 1. The lowest BCUT2D eigenvalue weighted by Gasteiger charge is -2.35. The van der Waals surface area contributed by atoms with Gasteiger partial charge in [-0.1, -0.05) is 6.42 Å². The van der Waals surface area contributed by atoms with Gasteiger partial charge in [-0.2, -0.15) is 0 Å². The summed E-state index contributed by atoms with van der Waals surface area (Å²) in [5.74, 6) is 0.394. The molecule has 1 heterocycles. The number of carbonyl (C=O) groups excluding carboxylic acids is 2. The van der Waals surface area contributed by atoms with Crippen LogP contribution in [-0.4, -0.2) is 41.9 Å². The summed E-state index contributed by atoms with van der Waals surface area (Å²) >= 11 is 0. The number of Topliss-reactive ketones (excluding diaryl/α,β-unsaturated/α-hetero) is 1. The molecule has 19 heavy (non-hydrogen) atoms. The van der Waals surface area contributed by atoms with Crippen LogP contribution < -0.4 is 0 Å². The number of likely N-dealkylation sites (tertiary alicyclic amines) is 1. The molecule has 0 aromatic rings. The molecule has 0 spiro atoms. The third-order valence-corrected chi connectivity index (χ3v) is 4.53. The van der Waals surface area contributed by atoms with Crippen LogP contribution in [0, 0.1) is 5.92 Å². The molecule has 0 aromatic carbocycles. The highest BCUT2D eigenvalue weighted by Gasteiger charge is 2.40. The van der Waals surface area contributed by atoms with Crippen LogP contribution in [0.5, 0.6) is 0 Å². The largest absolute Gasteiger partial charge is 0.465 e. The molecule has 2 rings (SSSR count). The van der Waals surface area contributed by atoms with Crippen LogP contribution in [0.3, 0.4) is 0 Å². The van der Waals surface area contributed by atoms with Gasteiger partial charge in [0, 0.05) is 18.4 Å². The molecule has 1 saturated carbocycles. The van der Waals surface area contributed by atoms with Crippen molar-refractivity contribution >= 4 is 11.8 Å². The quantitative estimate of drug-likeness (QED) is 0.732. The lowest BCUT2D eigenvalue weighted by molar-refractivity contribution is -0.150. The Kier molecular flexibility index (Phi) is 4.97. The molecule has 0 amide bonds. The Morgan fingerprint density at radius 2 is 2.16 bits per heavy atom. The fourth-order valence-corrected chi connectivity index (χ4v) is 3.54. The lowest BCUT2D eigenvalue weighted by Crippen LogP contribution is -2.48. The van der Waals surface area contributed by atoms with Crippen LogP contribution in [0.4, 0.5) is 0 Å². The van der Waals surface area contributed by atoms with E-state index < -0.39 is 0 Å². The molecule has 4 heteroatoms. The van der Waals surface area contributed by atoms with Gasteiger partial charge >= 0.3 is 5.97 Å². The Bertz CT molecular complexity index is 342. The van der Waals surface area contributed by atoms with E-state index in [1.165, 1.54) is 0 Å². The summed E-state index contributed by atoms with van der Waals surface area (Å²) in [7, 11) is 0. The number of esters is 1. The van der Waals surface area contributed by atoms with Crippen molar-refractivity contribution in [3.63, 3.8) is 0 Å². The number of hydrogen-bond acceptors (Lipinski definition) is 4. The summed E-state index contributed by atoms with van der Waals surface area (Å²) in [6, 6.07) is 0.0365. The first-order valence-electron chi connectivity index (χ1n) is 7.60. The number of carbonyl (C=O) groups is 2. The zero-order valence-corrected chi connectivity index (χ0v) is 12.1. The standard InChI is InChI=1S/C15H25NO3/c1-3-19-15(18)11(2)16-10-6-8-13(16)12-7-4-5-9-14(12)17/h11-13H,3-10H2,1-2H3. The number of rotatable bonds is 4. The third-order valence-electron chi connectivity index (χ3n) is 4.53. The van der Waals surface area contributed by atoms with Gasteiger partial charge in [-0.15, -0.1) is 0 Å². The molecule has 2 fully saturated rings. The van der Waals surface area contributed by atoms with E-state index in [-0.39, 0.29) is 24.0 Å². The summed E-state index contributed by atoms with van der Waals surface area (Å²) in [6.45, 7) is 5.07. The normalized spacial score (nSPS) is 30.3. The summed E-state index contributed by atoms with van der Waals surface area (Å²) in [5, 5.41) is 0. The van der Waals surface area contributed by atoms with Crippen LogP contribution in [0.1, 0.15) is 52.4 Å². The number of ketones is 1. The topological polar surface area (TPSA) is 46.6 Å². The average Bonchev–Trinajstić information content (AvgIpc) is 2.87. The highest BCUT2D eigenvalue weighted by atomic mass is 16.5. The van der Waals surface area contributed by atoms with Gasteiger partial charge in [-0.05, 0) is 46.1 Å². The lowest BCUT2D eigenvalue weighted by atomic mass is 9.81. The molecule has 1 saturated heterocycles. The van der Waals surface area contributed by atoms with E-state index in [1.807, 2.05) is 13.8 Å². The molecular formula is C15H25NO3. The van der Waals surface area contributed by atoms with Crippen LogP contribution in [0.15, 0.2) is 0 Å². The Labute approximate surface area is 115 Å². The van der Waals surface area contributed by atoms with E-state index in [0.717, 1.165) is 45.1 Å². The summed E-state index contributed by atoms with van der Waals surface area (Å²) < 4.78 is 5.11. The summed E-state index contributed by atoms with van der Waals surface area (Å²) in [5.41, 5.74) is 0. The van der Waals surface area contributed by atoms with E-state index in [1.54, 1.807) is 0 Å². The Hall–Kier alpha value is -0.900. The van der Waals surface area contributed by atoms with Gasteiger partial charge in [-0.25, -0.2) is 0 Å². The maximum atomic E-state index is 12.1. The number of ether oxygens (including phenoxy) is 1. The monoisotopic (exact) mass is 267 g/mol. The molecule has 108 valence electrons. The zero-order valence-electron chi connectivity index (χ0n) is 12.1. The van der Waals surface area contributed by atoms with Crippen molar-refractivity contribution < 1.29 is 14.3 Å². The van der Waals surface area contributed by atoms with Crippen molar-refractivity contribution in [2.45, 2.75) is 64.5 Å². The average molecular weight is 267 g/mol. The smallest absolute Gasteiger partial charge is 0.323 e. The van der Waals surface area contributed by atoms with Crippen LogP contribution in [0.2, 0.25) is 0 Å². The van der Waals surface area contributed by atoms with Gasteiger partial charge in [-0.3, -0.25) is 14.5 Å². The van der Waals surface area contributed by atoms with Gasteiger partial charge < -0.3 is 4.74 Å². The minimum absolute atomic E-state index is 0.146. The predicted octanol–water partition coefficient (Wildman–Crippen LogP) is 2.16. The first-order chi connectivity index (χ1) is 9.15. The van der Waals surface area contributed by atoms with Crippen molar-refractivity contribution in [2.75, 3.05) is 13.2 Å². The minimum Gasteiger partial charge on any atom is -0.465 e.